The van der Waals surface area contributed by atoms with Crippen molar-refractivity contribution < 1.29 is 19.5 Å². The molecule has 0 aromatic carbocycles. The molecular weight excluding hydrogens is 236 g/mol. The van der Waals surface area contributed by atoms with Crippen LogP contribution in [0.3, 0.4) is 0 Å². The largest absolute Gasteiger partial charge is 0.478 e. The minimum Gasteiger partial charge on any atom is -0.478 e. The highest BCUT2D eigenvalue weighted by Gasteiger charge is 2.29. The first-order chi connectivity index (χ1) is 8.41. The minimum absolute atomic E-state index is 0.0880. The van der Waals surface area contributed by atoms with Crippen molar-refractivity contribution in [2.75, 3.05) is 0 Å². The second-order valence-electron chi connectivity index (χ2n) is 4.50. The molecule has 2 atom stereocenters. The van der Waals surface area contributed by atoms with Gasteiger partial charge in [-0.2, -0.15) is 0 Å². The van der Waals surface area contributed by atoms with E-state index in [0.717, 1.165) is 25.3 Å². The lowest BCUT2D eigenvalue weighted by molar-refractivity contribution is -0.131. The number of aliphatic carboxylic acids is 1. The van der Waals surface area contributed by atoms with Gasteiger partial charge in [0.05, 0.1) is 0 Å². The first-order valence-electron chi connectivity index (χ1n) is 5.96. The van der Waals surface area contributed by atoms with E-state index in [9.17, 15) is 14.4 Å². The smallest absolute Gasteiger partial charge is 0.328 e. The summed E-state index contributed by atoms with van der Waals surface area (Å²) >= 11 is 0. The number of carbonyl (C=O) groups excluding carboxylic acids is 2. The number of hydrogen-bond acceptors (Lipinski definition) is 3. The topological polar surface area (TPSA) is 86.7 Å². The van der Waals surface area contributed by atoms with Gasteiger partial charge >= 0.3 is 12.0 Å². The molecule has 0 radical (unpaired) electrons. The number of nitrogens with zero attached hydrogens (tertiary/aromatic N) is 1. The molecule has 0 bridgehead atoms. The van der Waals surface area contributed by atoms with Gasteiger partial charge in [0, 0.05) is 24.2 Å². The zero-order chi connectivity index (χ0) is 13.7. The van der Waals surface area contributed by atoms with Gasteiger partial charge in [-0.1, -0.05) is 0 Å². The number of carbonyl (C=O) groups is 3. The summed E-state index contributed by atoms with van der Waals surface area (Å²) in [6.45, 7) is 3.87. The molecule has 0 unspecified atom stereocenters. The molecule has 1 aliphatic rings. The van der Waals surface area contributed by atoms with Crippen molar-refractivity contribution >= 4 is 17.9 Å². The zero-order valence-corrected chi connectivity index (χ0v) is 10.5. The van der Waals surface area contributed by atoms with Crippen molar-refractivity contribution in [2.24, 2.45) is 0 Å². The predicted molar refractivity (Wildman–Crippen MR) is 64.9 cm³/mol. The number of nitrogens with one attached hydrogen (secondary N) is 1. The van der Waals surface area contributed by atoms with E-state index in [-0.39, 0.29) is 12.1 Å². The fraction of sp³-hybridized carbons (Fsp3) is 0.583. The third kappa shape index (κ3) is 3.87. The highest BCUT2D eigenvalue weighted by atomic mass is 16.4. The molecule has 0 aromatic heterocycles. The van der Waals surface area contributed by atoms with Crippen LogP contribution in [0.15, 0.2) is 12.2 Å². The summed E-state index contributed by atoms with van der Waals surface area (Å²) < 4.78 is 0. The summed E-state index contributed by atoms with van der Waals surface area (Å²) in [5.41, 5.74) is 0. The molecule has 18 heavy (non-hydrogen) atoms. The van der Waals surface area contributed by atoms with Crippen molar-refractivity contribution in [3.8, 4) is 0 Å². The summed E-state index contributed by atoms with van der Waals surface area (Å²) in [7, 11) is 0. The second kappa shape index (κ2) is 6.18. The number of carboxylic acid groups (broad SMARTS) is 1. The molecule has 0 aliphatic carbocycles. The van der Waals surface area contributed by atoms with E-state index in [4.69, 9.17) is 5.11 Å². The van der Waals surface area contributed by atoms with Gasteiger partial charge in [-0.3, -0.25) is 10.1 Å². The van der Waals surface area contributed by atoms with E-state index in [0.29, 0.717) is 6.08 Å². The third-order valence-corrected chi connectivity index (χ3v) is 3.04. The van der Waals surface area contributed by atoms with Gasteiger partial charge in [-0.15, -0.1) is 0 Å². The molecule has 0 saturated carbocycles. The van der Waals surface area contributed by atoms with Crippen LogP contribution in [0.4, 0.5) is 4.79 Å². The summed E-state index contributed by atoms with van der Waals surface area (Å²) in [6, 6.07) is -0.287. The van der Waals surface area contributed by atoms with Crippen LogP contribution in [-0.2, 0) is 9.59 Å². The highest BCUT2D eigenvalue weighted by molar-refractivity contribution is 6.02. The molecule has 1 rings (SSSR count). The van der Waals surface area contributed by atoms with E-state index in [1.165, 1.54) is 0 Å². The molecule has 2 N–H and O–H groups in total. The Balaban J connectivity index is 2.58. The van der Waals surface area contributed by atoms with Crippen molar-refractivity contribution in [1.29, 1.82) is 0 Å². The predicted octanol–water partition coefficient (Wildman–Crippen LogP) is 1.13. The Labute approximate surface area is 106 Å². The van der Waals surface area contributed by atoms with Crippen LogP contribution in [0, 0.1) is 0 Å². The van der Waals surface area contributed by atoms with Crippen molar-refractivity contribution in [3.05, 3.63) is 12.2 Å². The quantitative estimate of drug-likeness (QED) is 0.723. The number of imide groups is 1. The minimum atomic E-state index is -1.22. The molecule has 6 nitrogen and oxygen atoms in total. The van der Waals surface area contributed by atoms with Crippen LogP contribution in [0.5, 0.6) is 0 Å². The van der Waals surface area contributed by atoms with Crippen LogP contribution < -0.4 is 5.32 Å². The third-order valence-electron chi connectivity index (χ3n) is 3.04. The van der Waals surface area contributed by atoms with E-state index >= 15 is 0 Å². The molecule has 100 valence electrons. The number of amides is 3. The molecule has 1 fully saturated rings. The van der Waals surface area contributed by atoms with E-state index in [1.54, 1.807) is 4.90 Å². The Morgan fingerprint density at radius 2 is 1.72 bits per heavy atom. The van der Waals surface area contributed by atoms with E-state index in [1.807, 2.05) is 13.8 Å². The summed E-state index contributed by atoms with van der Waals surface area (Å²) in [4.78, 5) is 35.1. The normalized spacial score (nSPS) is 24.0. The van der Waals surface area contributed by atoms with Gasteiger partial charge in [0.2, 0.25) is 0 Å². The standard InChI is InChI=1S/C12H18N2O4/c1-8-4-3-5-9(2)14(8)12(18)13-10(15)6-7-11(16)17/h6-9H,3-5H2,1-2H3,(H,16,17)(H,13,15,18)/b7-6+/t8-,9+. The van der Waals surface area contributed by atoms with Crippen molar-refractivity contribution in [1.82, 2.24) is 10.2 Å². The Bertz CT molecular complexity index is 368. The first-order valence-corrected chi connectivity index (χ1v) is 5.96. The zero-order valence-electron chi connectivity index (χ0n) is 10.5. The summed E-state index contributed by atoms with van der Waals surface area (Å²) in [5.74, 6) is -1.94. The van der Waals surface area contributed by atoms with Crippen LogP contribution in [0.2, 0.25) is 0 Å². The Morgan fingerprint density at radius 1 is 1.17 bits per heavy atom. The SMILES string of the molecule is C[C@@H]1CCC[C@H](C)N1C(=O)NC(=O)/C=C/C(=O)O. The highest BCUT2D eigenvalue weighted by Crippen LogP contribution is 2.22. The van der Waals surface area contributed by atoms with Crippen LogP contribution in [-0.4, -0.2) is 40.0 Å². The van der Waals surface area contributed by atoms with Gasteiger partial charge in [0.15, 0.2) is 0 Å². The molecule has 0 aromatic rings. The fourth-order valence-corrected chi connectivity index (χ4v) is 2.18. The Morgan fingerprint density at radius 3 is 2.22 bits per heavy atom. The maximum atomic E-state index is 11.9. The lowest BCUT2D eigenvalue weighted by atomic mass is 9.98. The maximum absolute atomic E-state index is 11.9. The van der Waals surface area contributed by atoms with E-state index < -0.39 is 17.9 Å². The number of carboxylic acids is 1. The van der Waals surface area contributed by atoms with Crippen LogP contribution in [0.1, 0.15) is 33.1 Å². The average molecular weight is 254 g/mol. The molecule has 1 aliphatic heterocycles. The van der Waals surface area contributed by atoms with Gasteiger partial charge in [0.25, 0.3) is 5.91 Å². The Kier molecular flexibility index (Phi) is 4.88. The van der Waals surface area contributed by atoms with Gasteiger partial charge in [-0.05, 0) is 33.1 Å². The fourth-order valence-electron chi connectivity index (χ4n) is 2.18. The number of urea groups is 1. The van der Waals surface area contributed by atoms with Gasteiger partial charge in [-0.25, -0.2) is 9.59 Å². The number of hydrogen-bond donors (Lipinski definition) is 2. The summed E-state index contributed by atoms with van der Waals surface area (Å²) in [6.07, 6.45) is 4.43. The lowest BCUT2D eigenvalue weighted by Crippen LogP contribution is -2.52. The second-order valence-corrected chi connectivity index (χ2v) is 4.50. The Hall–Kier alpha value is -1.85. The molecular formula is C12H18N2O4. The van der Waals surface area contributed by atoms with Crippen molar-refractivity contribution in [2.45, 2.75) is 45.2 Å². The van der Waals surface area contributed by atoms with Gasteiger partial charge < -0.3 is 10.0 Å². The molecule has 0 spiro atoms. The van der Waals surface area contributed by atoms with Crippen LogP contribution >= 0.6 is 0 Å². The molecule has 1 saturated heterocycles. The maximum Gasteiger partial charge on any atom is 0.328 e. The number of piperidine rings is 1. The van der Waals surface area contributed by atoms with Crippen LogP contribution in [0.25, 0.3) is 0 Å². The summed E-state index contributed by atoms with van der Waals surface area (Å²) in [5, 5.41) is 10.5. The van der Waals surface area contributed by atoms with Crippen molar-refractivity contribution in [3.63, 3.8) is 0 Å². The molecule has 1 heterocycles. The lowest BCUT2D eigenvalue weighted by Gasteiger charge is -2.38. The monoisotopic (exact) mass is 254 g/mol. The molecule has 3 amide bonds. The molecule has 6 heteroatoms. The van der Waals surface area contributed by atoms with E-state index in [2.05, 4.69) is 5.32 Å². The average Bonchev–Trinajstić information content (AvgIpc) is 2.26. The first kappa shape index (κ1) is 14.2. The van der Waals surface area contributed by atoms with Gasteiger partial charge in [0.1, 0.15) is 0 Å². The number of rotatable bonds is 2. The number of likely N-dealkylation sites (tertiary alicyclic amines) is 1.